The topological polar surface area (TPSA) is 69.6 Å². The molecule has 0 aromatic carbocycles. The quantitative estimate of drug-likeness (QED) is 0.837. The molecule has 2 rings (SSSR count). The van der Waals surface area contributed by atoms with Gasteiger partial charge in [0, 0.05) is 24.4 Å². The van der Waals surface area contributed by atoms with Gasteiger partial charge in [0.2, 0.25) is 0 Å². The Bertz CT molecular complexity index is 376. The zero-order valence-electron chi connectivity index (χ0n) is 12.7. The first-order chi connectivity index (χ1) is 10.1. The molecule has 1 saturated heterocycles. The van der Waals surface area contributed by atoms with Crippen LogP contribution >= 0.6 is 11.8 Å². The molecule has 2 fully saturated rings. The molecule has 0 aromatic heterocycles. The number of nitrogens with zero attached hydrogens (tertiary/aromatic N) is 1. The van der Waals surface area contributed by atoms with Crippen LogP contribution in [0.5, 0.6) is 0 Å². The molecule has 3 atom stereocenters. The summed E-state index contributed by atoms with van der Waals surface area (Å²) in [4.78, 5) is 25.1. The molecule has 21 heavy (non-hydrogen) atoms. The van der Waals surface area contributed by atoms with E-state index in [1.54, 1.807) is 4.90 Å². The maximum absolute atomic E-state index is 12.3. The van der Waals surface area contributed by atoms with Crippen LogP contribution in [0.25, 0.3) is 0 Å². The first-order valence-electron chi connectivity index (χ1n) is 8.00. The third kappa shape index (κ3) is 4.80. The monoisotopic (exact) mass is 314 g/mol. The summed E-state index contributed by atoms with van der Waals surface area (Å²) >= 11 is 1.98. The van der Waals surface area contributed by atoms with Gasteiger partial charge in [-0.3, -0.25) is 4.79 Å². The van der Waals surface area contributed by atoms with Crippen molar-refractivity contribution in [2.45, 2.75) is 56.7 Å². The zero-order valence-corrected chi connectivity index (χ0v) is 13.5. The number of likely N-dealkylation sites (tertiary alicyclic amines) is 1. The number of amides is 2. The summed E-state index contributed by atoms with van der Waals surface area (Å²) in [6.07, 6.45) is 5.96. The minimum absolute atomic E-state index is 0.0758. The predicted molar refractivity (Wildman–Crippen MR) is 84.6 cm³/mol. The van der Waals surface area contributed by atoms with Crippen molar-refractivity contribution in [1.29, 1.82) is 0 Å². The number of thioether (sulfide) groups is 1. The normalized spacial score (nSPS) is 30.0. The molecule has 6 heteroatoms. The molecule has 1 heterocycles. The van der Waals surface area contributed by atoms with Gasteiger partial charge in [-0.15, -0.1) is 0 Å². The van der Waals surface area contributed by atoms with Crippen molar-refractivity contribution in [2.24, 2.45) is 5.92 Å². The molecule has 1 saturated carbocycles. The summed E-state index contributed by atoms with van der Waals surface area (Å²) in [5, 5.41) is 12.9. The van der Waals surface area contributed by atoms with Crippen molar-refractivity contribution in [3.63, 3.8) is 0 Å². The summed E-state index contributed by atoms with van der Waals surface area (Å²) in [7, 11) is 0. The van der Waals surface area contributed by atoms with Crippen molar-refractivity contribution in [3.05, 3.63) is 0 Å². The van der Waals surface area contributed by atoms with Gasteiger partial charge in [0.1, 0.15) is 0 Å². The highest BCUT2D eigenvalue weighted by molar-refractivity contribution is 7.99. The first kappa shape index (κ1) is 16.5. The van der Waals surface area contributed by atoms with Crippen LogP contribution in [0.15, 0.2) is 0 Å². The molecule has 2 N–H and O–H groups in total. The maximum atomic E-state index is 12.3. The number of nitrogens with one attached hydrogen (secondary N) is 1. The molecule has 120 valence electrons. The number of rotatable bonds is 4. The van der Waals surface area contributed by atoms with Gasteiger partial charge >= 0.3 is 12.0 Å². The van der Waals surface area contributed by atoms with Gasteiger partial charge in [-0.05, 0) is 37.9 Å². The largest absolute Gasteiger partial charge is 0.481 e. The van der Waals surface area contributed by atoms with E-state index in [9.17, 15) is 9.59 Å². The van der Waals surface area contributed by atoms with Crippen LogP contribution < -0.4 is 5.32 Å². The number of carbonyl (C=O) groups excluding carboxylic acids is 1. The standard InChI is InChI=1S/C15H26N2O3S/c1-2-21-13-7-3-6-12(9-13)16-15(20)17-8-4-5-11(10-17)14(18)19/h11-13H,2-10H2,1H3,(H,16,20)(H,18,19). The van der Waals surface area contributed by atoms with E-state index in [0.29, 0.717) is 24.8 Å². The number of carbonyl (C=O) groups is 2. The number of piperidine rings is 1. The molecule has 0 spiro atoms. The molecule has 1 aliphatic heterocycles. The van der Waals surface area contributed by atoms with Gasteiger partial charge in [0.05, 0.1) is 5.92 Å². The summed E-state index contributed by atoms with van der Waals surface area (Å²) in [5.41, 5.74) is 0. The van der Waals surface area contributed by atoms with Gasteiger partial charge in [0.15, 0.2) is 0 Å². The Hall–Kier alpha value is -0.910. The molecule has 1 aliphatic carbocycles. The molecule has 2 amide bonds. The van der Waals surface area contributed by atoms with Crippen LogP contribution in [0.1, 0.15) is 45.4 Å². The van der Waals surface area contributed by atoms with Crippen molar-refractivity contribution < 1.29 is 14.7 Å². The fraction of sp³-hybridized carbons (Fsp3) is 0.867. The average Bonchev–Trinajstić information content (AvgIpc) is 2.48. The number of hydrogen-bond donors (Lipinski definition) is 2. The molecule has 3 unspecified atom stereocenters. The van der Waals surface area contributed by atoms with Crippen LogP contribution in [-0.2, 0) is 4.79 Å². The Morgan fingerprint density at radius 2 is 2.10 bits per heavy atom. The van der Waals surface area contributed by atoms with Crippen LogP contribution in [0.3, 0.4) is 0 Å². The van der Waals surface area contributed by atoms with E-state index in [1.165, 1.54) is 12.8 Å². The van der Waals surface area contributed by atoms with E-state index >= 15 is 0 Å². The van der Waals surface area contributed by atoms with Crippen molar-refractivity contribution >= 4 is 23.8 Å². The highest BCUT2D eigenvalue weighted by atomic mass is 32.2. The lowest BCUT2D eigenvalue weighted by Crippen LogP contribution is -2.50. The molecule has 0 bridgehead atoms. The fourth-order valence-corrected chi connectivity index (χ4v) is 4.47. The summed E-state index contributed by atoms with van der Waals surface area (Å²) in [6, 6.07) is 0.175. The van der Waals surface area contributed by atoms with E-state index in [1.807, 2.05) is 11.8 Å². The Morgan fingerprint density at radius 1 is 1.29 bits per heavy atom. The number of aliphatic carboxylic acids is 1. The summed E-state index contributed by atoms with van der Waals surface area (Å²) in [5.74, 6) is -0.0681. The van der Waals surface area contributed by atoms with Crippen LogP contribution in [0.4, 0.5) is 4.79 Å². The minimum atomic E-state index is -0.787. The second kappa shape index (κ2) is 7.92. The molecular formula is C15H26N2O3S. The summed E-state index contributed by atoms with van der Waals surface area (Å²) < 4.78 is 0. The fourth-order valence-electron chi connectivity index (χ4n) is 3.29. The van der Waals surface area contributed by atoms with Crippen LogP contribution in [0, 0.1) is 5.92 Å². The van der Waals surface area contributed by atoms with Crippen molar-refractivity contribution in [1.82, 2.24) is 10.2 Å². The van der Waals surface area contributed by atoms with E-state index < -0.39 is 11.9 Å². The smallest absolute Gasteiger partial charge is 0.317 e. The lowest BCUT2D eigenvalue weighted by molar-refractivity contribution is -0.143. The van der Waals surface area contributed by atoms with Crippen LogP contribution in [-0.4, -0.2) is 52.1 Å². The first-order valence-corrected chi connectivity index (χ1v) is 9.04. The van der Waals surface area contributed by atoms with Crippen molar-refractivity contribution in [2.75, 3.05) is 18.8 Å². The van der Waals surface area contributed by atoms with Crippen LogP contribution in [0.2, 0.25) is 0 Å². The third-order valence-corrected chi connectivity index (χ3v) is 5.65. The molecule has 2 aliphatic rings. The highest BCUT2D eigenvalue weighted by Gasteiger charge is 2.30. The molecule has 0 radical (unpaired) electrons. The van der Waals surface area contributed by atoms with E-state index in [4.69, 9.17) is 5.11 Å². The number of urea groups is 1. The molecule has 5 nitrogen and oxygen atoms in total. The number of carboxylic acid groups (broad SMARTS) is 1. The molecular weight excluding hydrogens is 288 g/mol. The second-order valence-electron chi connectivity index (χ2n) is 6.01. The Balaban J connectivity index is 1.81. The lowest BCUT2D eigenvalue weighted by atomic mass is 9.95. The SMILES string of the molecule is CCSC1CCCC(NC(=O)N2CCCC(C(=O)O)C2)C1. The number of hydrogen-bond acceptors (Lipinski definition) is 3. The van der Waals surface area contributed by atoms with Crippen molar-refractivity contribution in [3.8, 4) is 0 Å². The zero-order chi connectivity index (χ0) is 15.2. The van der Waals surface area contributed by atoms with Gasteiger partial charge in [-0.25, -0.2) is 4.79 Å². The number of carboxylic acids is 1. The second-order valence-corrected chi connectivity index (χ2v) is 7.59. The minimum Gasteiger partial charge on any atom is -0.481 e. The van der Waals surface area contributed by atoms with E-state index in [0.717, 1.165) is 25.0 Å². The van der Waals surface area contributed by atoms with E-state index in [-0.39, 0.29) is 12.1 Å². The summed E-state index contributed by atoms with van der Waals surface area (Å²) in [6.45, 7) is 3.20. The highest BCUT2D eigenvalue weighted by Crippen LogP contribution is 2.28. The maximum Gasteiger partial charge on any atom is 0.317 e. The van der Waals surface area contributed by atoms with Gasteiger partial charge < -0.3 is 15.3 Å². The molecule has 0 aromatic rings. The Kier molecular flexibility index (Phi) is 6.21. The average molecular weight is 314 g/mol. The van der Waals surface area contributed by atoms with Gasteiger partial charge in [-0.1, -0.05) is 13.3 Å². The van der Waals surface area contributed by atoms with Gasteiger partial charge in [-0.2, -0.15) is 11.8 Å². The van der Waals surface area contributed by atoms with Gasteiger partial charge in [0.25, 0.3) is 0 Å². The Labute approximate surface area is 130 Å². The Morgan fingerprint density at radius 3 is 2.81 bits per heavy atom. The third-order valence-electron chi connectivity index (χ3n) is 4.41. The predicted octanol–water partition coefficient (Wildman–Crippen LogP) is 2.56. The lowest BCUT2D eigenvalue weighted by Gasteiger charge is -2.34. The van der Waals surface area contributed by atoms with E-state index in [2.05, 4.69) is 12.2 Å².